The van der Waals surface area contributed by atoms with E-state index in [0.29, 0.717) is 17.6 Å². The van der Waals surface area contributed by atoms with Crippen molar-refractivity contribution in [3.8, 4) is 62.1 Å². The molecule has 1 aliphatic rings. The molecule has 61 heavy (non-hydrogen) atoms. The number of aromatic nitrogens is 5. The number of hydrogen-bond acceptors (Lipinski definition) is 6. The zero-order valence-corrected chi connectivity index (χ0v) is 34.1. The number of thiophene rings is 1. The van der Waals surface area contributed by atoms with Crippen molar-refractivity contribution in [1.82, 2.24) is 24.5 Å². The Morgan fingerprint density at radius 1 is 0.410 bits per heavy atom. The van der Waals surface area contributed by atoms with Crippen LogP contribution < -0.4 is 0 Å². The molecule has 0 bridgehead atoms. The van der Waals surface area contributed by atoms with Crippen LogP contribution in [0.1, 0.15) is 0 Å². The summed E-state index contributed by atoms with van der Waals surface area (Å²) in [7, 11) is 0. The fourth-order valence-electron chi connectivity index (χ4n) is 9.05. The number of para-hydroxylation sites is 1. The van der Waals surface area contributed by atoms with Crippen LogP contribution in [0, 0.1) is 0 Å². The van der Waals surface area contributed by atoms with E-state index in [4.69, 9.17) is 19.9 Å². The second-order valence-electron chi connectivity index (χ2n) is 15.4. The molecule has 1 aliphatic heterocycles. The molecule has 4 aromatic heterocycles. The minimum Gasteiger partial charge on any atom is -0.278 e. The van der Waals surface area contributed by atoms with Gasteiger partial charge in [-0.3, -0.25) is 4.57 Å². The third kappa shape index (κ3) is 5.48. The van der Waals surface area contributed by atoms with Gasteiger partial charge >= 0.3 is 0 Å². The van der Waals surface area contributed by atoms with E-state index < -0.39 is 0 Å². The molecular formula is C54H31N5S2. The second-order valence-corrected chi connectivity index (χ2v) is 17.5. The number of benzene rings is 8. The molecule has 8 aromatic carbocycles. The molecule has 0 spiro atoms. The van der Waals surface area contributed by atoms with E-state index in [1.807, 2.05) is 47.9 Å². The zero-order chi connectivity index (χ0) is 40.0. The predicted octanol–water partition coefficient (Wildman–Crippen LogP) is 14.7. The molecule has 284 valence electrons. The average Bonchev–Trinajstić information content (AvgIpc) is 3.87. The molecule has 12 aromatic rings. The van der Waals surface area contributed by atoms with E-state index >= 15 is 0 Å². The molecule has 5 nitrogen and oxygen atoms in total. The molecule has 0 saturated heterocycles. The van der Waals surface area contributed by atoms with Gasteiger partial charge in [0.25, 0.3) is 0 Å². The monoisotopic (exact) mass is 813 g/mol. The van der Waals surface area contributed by atoms with E-state index in [1.54, 1.807) is 11.8 Å². The van der Waals surface area contributed by atoms with Gasteiger partial charge in [-0.2, -0.15) is 9.97 Å². The molecular weight excluding hydrogens is 783 g/mol. The van der Waals surface area contributed by atoms with Crippen molar-refractivity contribution >= 4 is 75.8 Å². The first-order valence-electron chi connectivity index (χ1n) is 20.3. The topological polar surface area (TPSA) is 56.5 Å². The lowest BCUT2D eigenvalue weighted by atomic mass is 9.95. The van der Waals surface area contributed by atoms with E-state index in [1.165, 1.54) is 52.5 Å². The molecule has 0 fully saturated rings. The molecule has 5 heterocycles. The summed E-state index contributed by atoms with van der Waals surface area (Å²) in [5.41, 5.74) is 11.0. The third-order valence-corrected chi connectivity index (χ3v) is 14.2. The number of pyridine rings is 1. The van der Waals surface area contributed by atoms with Gasteiger partial charge < -0.3 is 0 Å². The number of nitrogens with zero attached hydrogens (tertiary/aromatic N) is 5. The minimum atomic E-state index is 0.577. The van der Waals surface area contributed by atoms with Crippen LogP contribution >= 0.6 is 23.1 Å². The van der Waals surface area contributed by atoms with Gasteiger partial charge in [-0.25, -0.2) is 9.97 Å². The van der Waals surface area contributed by atoms with Crippen molar-refractivity contribution in [3.05, 3.63) is 188 Å². The number of hydrogen-bond donors (Lipinski definition) is 0. The Hall–Kier alpha value is -7.45. The first kappa shape index (κ1) is 34.4. The van der Waals surface area contributed by atoms with Crippen LogP contribution in [-0.2, 0) is 0 Å². The Morgan fingerprint density at radius 3 is 1.87 bits per heavy atom. The van der Waals surface area contributed by atoms with Crippen molar-refractivity contribution in [1.29, 1.82) is 0 Å². The smallest absolute Gasteiger partial charge is 0.238 e. The van der Waals surface area contributed by atoms with Crippen LogP contribution in [0.3, 0.4) is 0 Å². The Kier molecular flexibility index (Phi) is 7.64. The Balaban J connectivity index is 0.981. The highest BCUT2D eigenvalue weighted by atomic mass is 32.2. The van der Waals surface area contributed by atoms with E-state index in [-0.39, 0.29) is 0 Å². The van der Waals surface area contributed by atoms with Crippen LogP contribution in [-0.4, -0.2) is 24.5 Å². The maximum atomic E-state index is 5.24. The normalized spacial score (nSPS) is 12.2. The molecule has 0 N–H and O–H groups in total. The highest BCUT2D eigenvalue weighted by Crippen LogP contribution is 2.51. The Morgan fingerprint density at radius 2 is 1.05 bits per heavy atom. The van der Waals surface area contributed by atoms with Gasteiger partial charge in [-0.05, 0) is 64.2 Å². The molecule has 13 rings (SSSR count). The van der Waals surface area contributed by atoms with Gasteiger partial charge in [0.15, 0.2) is 11.6 Å². The number of rotatable bonds is 5. The summed E-state index contributed by atoms with van der Waals surface area (Å²) in [5.74, 6) is 1.83. The van der Waals surface area contributed by atoms with Crippen molar-refractivity contribution in [2.45, 2.75) is 9.92 Å². The molecule has 0 unspecified atom stereocenters. The largest absolute Gasteiger partial charge is 0.278 e. The van der Waals surface area contributed by atoms with Gasteiger partial charge in [0.05, 0.1) is 11.0 Å². The van der Waals surface area contributed by atoms with Gasteiger partial charge in [0.1, 0.15) is 5.03 Å². The summed E-state index contributed by atoms with van der Waals surface area (Å²) >= 11 is 3.65. The molecule has 0 aliphatic carbocycles. The lowest BCUT2D eigenvalue weighted by molar-refractivity contribution is 0.953. The van der Waals surface area contributed by atoms with E-state index in [2.05, 4.69) is 156 Å². The fourth-order valence-corrected chi connectivity index (χ4v) is 11.4. The summed E-state index contributed by atoms with van der Waals surface area (Å²) in [6.07, 6.45) is 1.89. The van der Waals surface area contributed by atoms with Crippen molar-refractivity contribution in [2.75, 3.05) is 0 Å². The van der Waals surface area contributed by atoms with Crippen molar-refractivity contribution in [2.24, 2.45) is 0 Å². The summed E-state index contributed by atoms with van der Waals surface area (Å²) in [6.45, 7) is 0. The maximum Gasteiger partial charge on any atom is 0.238 e. The van der Waals surface area contributed by atoms with Gasteiger partial charge in [0, 0.05) is 69.5 Å². The SMILES string of the molecule is c1ccc(-c2ccc(-c3nc(-c4ccccc4)nc(-n4c5ccccc5c5ccc(-c6ccc7c(c6)sc6c8cccc9c8c(cc76)-c6cccnc6S9)cc54)n3)cc2)cc1. The Bertz CT molecular complexity index is 3720. The quantitative estimate of drug-likeness (QED) is 0.173. The van der Waals surface area contributed by atoms with Gasteiger partial charge in [0.2, 0.25) is 5.95 Å². The van der Waals surface area contributed by atoms with Gasteiger partial charge in [-0.15, -0.1) is 11.3 Å². The summed E-state index contributed by atoms with van der Waals surface area (Å²) in [4.78, 5) is 21.5. The minimum absolute atomic E-state index is 0.577. The van der Waals surface area contributed by atoms with E-state index in [9.17, 15) is 0 Å². The van der Waals surface area contributed by atoms with Crippen LogP contribution in [0.15, 0.2) is 198 Å². The lowest BCUT2D eigenvalue weighted by Gasteiger charge is -2.19. The van der Waals surface area contributed by atoms with Crippen LogP contribution in [0.2, 0.25) is 0 Å². The van der Waals surface area contributed by atoms with Crippen LogP contribution in [0.25, 0.3) is 115 Å². The fraction of sp³-hybridized carbons (Fsp3) is 0. The summed E-state index contributed by atoms with van der Waals surface area (Å²) < 4.78 is 4.80. The zero-order valence-electron chi connectivity index (χ0n) is 32.5. The van der Waals surface area contributed by atoms with Gasteiger partial charge in [-0.1, -0.05) is 157 Å². The average molecular weight is 814 g/mol. The van der Waals surface area contributed by atoms with Crippen LogP contribution in [0.5, 0.6) is 0 Å². The molecule has 0 saturated carbocycles. The Labute approximate surface area is 358 Å². The standard InChI is InChI=1S/C54H31N5S2/c1-3-11-32(12-4-1)33-20-22-35(23-21-33)52-56-51(34-13-5-2-6-14-34)57-54(58-52)59-45-18-8-7-15-38(45)39-26-24-36(29-46(39)59)37-25-27-40-44-31-43-41-17-10-28-55-53(41)61-47-19-9-16-42(49(43)47)50(44)60-48(40)30-37/h1-31H. The van der Waals surface area contributed by atoms with E-state index in [0.717, 1.165) is 54.6 Å². The molecule has 7 heteroatoms. The highest BCUT2D eigenvalue weighted by Gasteiger charge is 2.24. The molecule has 0 atom stereocenters. The van der Waals surface area contributed by atoms with Crippen LogP contribution in [0.4, 0.5) is 0 Å². The number of fused-ring (bicyclic) bond motifs is 9. The first-order chi connectivity index (χ1) is 30.2. The second kappa shape index (κ2) is 13.5. The third-order valence-electron chi connectivity index (χ3n) is 11.9. The first-order valence-corrected chi connectivity index (χ1v) is 21.9. The summed E-state index contributed by atoms with van der Waals surface area (Å²) in [5, 5.41) is 8.55. The maximum absolute atomic E-state index is 5.24. The highest BCUT2D eigenvalue weighted by molar-refractivity contribution is 7.99. The molecule has 0 amide bonds. The van der Waals surface area contributed by atoms with Crippen molar-refractivity contribution in [3.63, 3.8) is 0 Å². The molecule has 0 radical (unpaired) electrons. The summed E-state index contributed by atoms with van der Waals surface area (Å²) in [6, 6.07) is 64.7. The predicted molar refractivity (Wildman–Crippen MR) is 254 cm³/mol. The van der Waals surface area contributed by atoms with Crippen molar-refractivity contribution < 1.29 is 0 Å². The lowest BCUT2D eigenvalue weighted by Crippen LogP contribution is -2.06.